The third-order valence-electron chi connectivity index (χ3n) is 5.96. The molecule has 0 radical (unpaired) electrons. The van der Waals surface area contributed by atoms with Crippen LogP contribution in [0.4, 0.5) is 40.3 Å². The van der Waals surface area contributed by atoms with Gasteiger partial charge in [-0.2, -0.15) is 0 Å². The largest absolute Gasteiger partial charge is 0.494 e. The molecule has 2 aromatic heterocycles. The molecular formula is C25H31N9O. The van der Waals surface area contributed by atoms with E-state index in [0.717, 1.165) is 48.9 Å². The molecule has 0 amide bonds. The summed E-state index contributed by atoms with van der Waals surface area (Å²) in [7, 11) is 7.63. The summed E-state index contributed by atoms with van der Waals surface area (Å²) in [4.78, 5) is 23.6. The van der Waals surface area contributed by atoms with Gasteiger partial charge in [-0.1, -0.05) is 0 Å². The minimum Gasteiger partial charge on any atom is -0.494 e. The van der Waals surface area contributed by atoms with Gasteiger partial charge in [-0.3, -0.25) is 0 Å². The molecule has 0 saturated carbocycles. The first-order chi connectivity index (χ1) is 16.9. The second-order valence-corrected chi connectivity index (χ2v) is 8.69. The molecule has 10 nitrogen and oxygen atoms in total. The van der Waals surface area contributed by atoms with Crippen LogP contribution < -0.4 is 25.2 Å². The van der Waals surface area contributed by atoms with E-state index in [1.54, 1.807) is 13.3 Å². The summed E-state index contributed by atoms with van der Waals surface area (Å²) in [6.45, 7) is 13.7. The Kier molecular flexibility index (Phi) is 7.17. The smallest absolute Gasteiger partial charge is 0.246 e. The summed E-state index contributed by atoms with van der Waals surface area (Å²) in [6, 6.07) is 7.85. The van der Waals surface area contributed by atoms with E-state index < -0.39 is 0 Å². The molecule has 1 saturated heterocycles. The highest BCUT2D eigenvalue weighted by Gasteiger charge is 2.19. The Morgan fingerprint density at radius 3 is 2.54 bits per heavy atom. The van der Waals surface area contributed by atoms with Crippen LogP contribution in [0.15, 0.2) is 36.7 Å². The lowest BCUT2D eigenvalue weighted by Crippen LogP contribution is -2.44. The molecule has 2 N–H and O–H groups in total. The van der Waals surface area contributed by atoms with Crippen molar-refractivity contribution in [1.82, 2.24) is 19.9 Å². The Labute approximate surface area is 206 Å². The first-order valence-corrected chi connectivity index (χ1v) is 11.4. The number of pyridine rings is 1. The van der Waals surface area contributed by atoms with Gasteiger partial charge in [-0.05, 0) is 37.7 Å². The van der Waals surface area contributed by atoms with Crippen molar-refractivity contribution in [1.29, 1.82) is 0 Å². The topological polar surface area (TPSA) is 86.0 Å². The van der Waals surface area contributed by atoms with Crippen LogP contribution in [0.1, 0.15) is 5.56 Å². The van der Waals surface area contributed by atoms with Crippen molar-refractivity contribution in [3.8, 4) is 5.75 Å². The number of nitrogens with one attached hydrogen (secondary N) is 2. The predicted octanol–water partition coefficient (Wildman–Crippen LogP) is 4.04. The molecule has 0 bridgehead atoms. The number of piperazine rings is 1. The maximum atomic E-state index is 7.54. The van der Waals surface area contributed by atoms with Crippen LogP contribution in [0.25, 0.3) is 4.85 Å². The number of rotatable bonds is 7. The Morgan fingerprint density at radius 2 is 1.86 bits per heavy atom. The molecule has 1 fully saturated rings. The monoisotopic (exact) mass is 473 g/mol. The Morgan fingerprint density at radius 1 is 1.09 bits per heavy atom. The standard InChI is InChI=1S/C25H31N9O/c1-17-14-19(22(35-6)15-21(17)34-12-10-33(5)11-13-34)30-25-28-16-20(26-2)23(31-25)29-18-8-7-9-27-24(18)32(3)4/h7-9,14-16H,10-13H2,1,3-6H3,(H2,28,29,30,31). The number of hydrogen-bond donors (Lipinski definition) is 2. The van der Waals surface area contributed by atoms with Gasteiger partial charge < -0.3 is 30.1 Å². The fourth-order valence-electron chi connectivity index (χ4n) is 4.04. The summed E-state index contributed by atoms with van der Waals surface area (Å²) in [5.74, 6) is 2.21. The molecule has 0 atom stereocenters. The van der Waals surface area contributed by atoms with Crippen molar-refractivity contribution >= 4 is 40.3 Å². The second-order valence-electron chi connectivity index (χ2n) is 8.69. The van der Waals surface area contributed by atoms with E-state index in [2.05, 4.69) is 66.3 Å². The zero-order chi connectivity index (χ0) is 24.9. The van der Waals surface area contributed by atoms with E-state index in [0.29, 0.717) is 23.2 Å². The average molecular weight is 474 g/mol. The van der Waals surface area contributed by atoms with Gasteiger partial charge in [-0.25, -0.2) is 19.8 Å². The van der Waals surface area contributed by atoms with Crippen LogP contribution in [-0.2, 0) is 0 Å². The number of aromatic nitrogens is 3. The number of methoxy groups -OCH3 is 1. The average Bonchev–Trinajstić information content (AvgIpc) is 2.85. The van der Waals surface area contributed by atoms with Crippen molar-refractivity contribution < 1.29 is 4.74 Å². The van der Waals surface area contributed by atoms with Gasteiger partial charge in [0.1, 0.15) is 11.6 Å². The summed E-state index contributed by atoms with van der Waals surface area (Å²) in [6.07, 6.45) is 3.23. The van der Waals surface area contributed by atoms with Gasteiger partial charge >= 0.3 is 0 Å². The van der Waals surface area contributed by atoms with E-state index in [1.807, 2.05) is 31.1 Å². The normalized spacial score (nSPS) is 13.8. The van der Waals surface area contributed by atoms with Crippen molar-refractivity contribution in [2.45, 2.75) is 6.92 Å². The molecule has 10 heteroatoms. The number of nitrogens with zero attached hydrogens (tertiary/aromatic N) is 7. The van der Waals surface area contributed by atoms with Gasteiger partial charge in [0.05, 0.1) is 25.1 Å². The van der Waals surface area contributed by atoms with Crippen LogP contribution in [0.3, 0.4) is 0 Å². The van der Waals surface area contributed by atoms with Gasteiger partial charge in [-0.15, -0.1) is 0 Å². The minimum atomic E-state index is 0.317. The van der Waals surface area contributed by atoms with Gasteiger partial charge in [0.25, 0.3) is 0 Å². The fourth-order valence-corrected chi connectivity index (χ4v) is 4.04. The predicted molar refractivity (Wildman–Crippen MR) is 141 cm³/mol. The molecule has 0 aliphatic carbocycles. The Hall–Kier alpha value is -4.10. The van der Waals surface area contributed by atoms with E-state index in [1.165, 1.54) is 11.9 Å². The molecule has 3 aromatic rings. The van der Waals surface area contributed by atoms with Crippen molar-refractivity contribution in [3.05, 3.63) is 53.6 Å². The number of aryl methyl sites for hydroxylation is 1. The van der Waals surface area contributed by atoms with Gasteiger partial charge in [0.2, 0.25) is 11.6 Å². The van der Waals surface area contributed by atoms with E-state index in [4.69, 9.17) is 11.3 Å². The lowest BCUT2D eigenvalue weighted by Gasteiger charge is -2.35. The van der Waals surface area contributed by atoms with Crippen molar-refractivity contribution in [2.24, 2.45) is 0 Å². The summed E-state index contributed by atoms with van der Waals surface area (Å²) < 4.78 is 5.70. The number of likely N-dealkylation sites (N-methyl/N-ethyl adjacent to an activating group) is 1. The maximum absolute atomic E-state index is 7.54. The molecule has 1 aliphatic rings. The minimum absolute atomic E-state index is 0.317. The van der Waals surface area contributed by atoms with Crippen molar-refractivity contribution in [3.63, 3.8) is 0 Å². The molecule has 4 rings (SSSR count). The SMILES string of the molecule is [C-]#[N+]c1cnc(Nc2cc(C)c(N3CCN(C)CC3)cc2OC)nc1Nc1cccnc1N(C)C. The molecular weight excluding hydrogens is 442 g/mol. The highest BCUT2D eigenvalue weighted by Crippen LogP contribution is 2.36. The molecule has 0 unspecified atom stereocenters. The van der Waals surface area contributed by atoms with Crippen LogP contribution in [0, 0.1) is 13.5 Å². The lowest BCUT2D eigenvalue weighted by atomic mass is 10.1. The number of ether oxygens (including phenoxy) is 1. The number of hydrogen-bond acceptors (Lipinski definition) is 9. The van der Waals surface area contributed by atoms with Gasteiger partial charge in [0, 0.05) is 64.4 Å². The van der Waals surface area contributed by atoms with Crippen LogP contribution in [0.5, 0.6) is 5.75 Å². The highest BCUT2D eigenvalue weighted by atomic mass is 16.5. The number of benzene rings is 1. The summed E-state index contributed by atoms with van der Waals surface area (Å²) in [5, 5.41) is 6.52. The maximum Gasteiger partial charge on any atom is 0.246 e. The van der Waals surface area contributed by atoms with Crippen molar-refractivity contribution in [2.75, 3.05) is 74.9 Å². The molecule has 1 aromatic carbocycles. The van der Waals surface area contributed by atoms with Crippen LogP contribution >= 0.6 is 0 Å². The van der Waals surface area contributed by atoms with Gasteiger partial charge in [0.15, 0.2) is 5.82 Å². The quantitative estimate of drug-likeness (QED) is 0.494. The first-order valence-electron chi connectivity index (χ1n) is 11.4. The zero-order valence-corrected chi connectivity index (χ0v) is 20.8. The number of anilines is 6. The zero-order valence-electron chi connectivity index (χ0n) is 20.8. The van der Waals surface area contributed by atoms with E-state index >= 15 is 0 Å². The van der Waals surface area contributed by atoms with Crippen LogP contribution in [-0.4, -0.2) is 74.3 Å². The third kappa shape index (κ3) is 5.36. The van der Waals surface area contributed by atoms with E-state index in [-0.39, 0.29) is 0 Å². The highest BCUT2D eigenvalue weighted by molar-refractivity contribution is 5.78. The molecule has 35 heavy (non-hydrogen) atoms. The first kappa shape index (κ1) is 24.0. The fraction of sp³-hybridized carbons (Fsp3) is 0.360. The summed E-state index contributed by atoms with van der Waals surface area (Å²) in [5.41, 5.74) is 4.13. The molecule has 1 aliphatic heterocycles. The Bertz CT molecular complexity index is 1230. The van der Waals surface area contributed by atoms with Crippen LogP contribution in [0.2, 0.25) is 0 Å². The third-order valence-corrected chi connectivity index (χ3v) is 5.96. The Balaban J connectivity index is 1.62. The molecule has 3 heterocycles. The summed E-state index contributed by atoms with van der Waals surface area (Å²) >= 11 is 0. The molecule has 182 valence electrons. The molecule has 0 spiro atoms. The van der Waals surface area contributed by atoms with E-state index in [9.17, 15) is 0 Å². The lowest BCUT2D eigenvalue weighted by molar-refractivity contribution is 0.312. The second kappa shape index (κ2) is 10.4.